The molecule has 1 saturated heterocycles. The van der Waals surface area contributed by atoms with Crippen molar-refractivity contribution in [1.82, 2.24) is 4.90 Å². The van der Waals surface area contributed by atoms with Crippen molar-refractivity contribution in [3.8, 4) is 0 Å². The smallest absolute Gasteiger partial charge is 0.266 e. The summed E-state index contributed by atoms with van der Waals surface area (Å²) in [5.74, 6) is 1.37. The second-order valence-corrected chi connectivity index (χ2v) is 5.06. The molecule has 0 N–H and O–H groups in total. The molecule has 5 nitrogen and oxygen atoms in total. The van der Waals surface area contributed by atoms with E-state index in [1.54, 1.807) is 20.2 Å². The van der Waals surface area contributed by atoms with Crippen LogP contribution in [0.4, 0.5) is 5.88 Å². The monoisotopic (exact) mass is 265 g/mol. The number of carbonyl (C=O) groups is 1. The number of likely N-dealkylation sites (N-methyl/N-ethyl adjacent to an activating group) is 1. The van der Waals surface area contributed by atoms with Crippen LogP contribution in [-0.4, -0.2) is 44.2 Å². The molecule has 6 heteroatoms. The lowest BCUT2D eigenvalue weighted by Crippen LogP contribution is -2.23. The topological polar surface area (TPSA) is 49.1 Å². The van der Waals surface area contributed by atoms with Gasteiger partial charge in [-0.15, -0.1) is 0 Å². The van der Waals surface area contributed by atoms with Crippen molar-refractivity contribution in [3.63, 3.8) is 0 Å². The number of hydrogen-bond acceptors (Lipinski definition) is 5. The second kappa shape index (κ2) is 4.89. The third-order valence-electron chi connectivity index (χ3n) is 2.52. The van der Waals surface area contributed by atoms with E-state index in [-0.39, 0.29) is 5.91 Å². The summed E-state index contributed by atoms with van der Waals surface area (Å²) in [5.41, 5.74) is 0. The van der Waals surface area contributed by atoms with Crippen molar-refractivity contribution in [2.75, 3.05) is 33.1 Å². The van der Waals surface area contributed by atoms with Crippen LogP contribution in [0.15, 0.2) is 26.4 Å². The Morgan fingerprint density at radius 1 is 1.44 bits per heavy atom. The van der Waals surface area contributed by atoms with Gasteiger partial charge < -0.3 is 9.32 Å². The van der Waals surface area contributed by atoms with Gasteiger partial charge in [-0.3, -0.25) is 14.7 Å². The van der Waals surface area contributed by atoms with E-state index in [1.165, 1.54) is 16.7 Å². The lowest BCUT2D eigenvalue weighted by atomic mass is 10.3. The molecular weight excluding hydrogens is 250 g/mol. The quantitative estimate of drug-likeness (QED) is 0.766. The molecule has 0 aliphatic carbocycles. The van der Waals surface area contributed by atoms with Gasteiger partial charge in [0, 0.05) is 40.3 Å². The molecule has 1 aromatic heterocycles. The molecule has 0 atom stereocenters. The van der Waals surface area contributed by atoms with E-state index in [0.717, 1.165) is 5.88 Å². The highest BCUT2D eigenvalue weighted by molar-refractivity contribution is 8.18. The molecule has 1 aliphatic rings. The SMILES string of the molecule is CN=C1SC(=Cc2ccc(N(C)C)o2)C(=O)N1C. The molecule has 1 fully saturated rings. The number of amidine groups is 1. The van der Waals surface area contributed by atoms with E-state index in [1.807, 2.05) is 31.1 Å². The van der Waals surface area contributed by atoms with Gasteiger partial charge in [-0.1, -0.05) is 0 Å². The van der Waals surface area contributed by atoms with Crippen LogP contribution in [0.2, 0.25) is 0 Å². The van der Waals surface area contributed by atoms with Gasteiger partial charge in [-0.05, 0) is 17.8 Å². The predicted octanol–water partition coefficient (Wildman–Crippen LogP) is 1.88. The lowest BCUT2D eigenvalue weighted by Gasteiger charge is -2.06. The molecule has 18 heavy (non-hydrogen) atoms. The third-order valence-corrected chi connectivity index (χ3v) is 3.67. The highest BCUT2D eigenvalue weighted by atomic mass is 32.2. The van der Waals surface area contributed by atoms with Crippen molar-refractivity contribution < 1.29 is 9.21 Å². The van der Waals surface area contributed by atoms with E-state index < -0.39 is 0 Å². The molecule has 96 valence electrons. The first-order valence-electron chi connectivity index (χ1n) is 5.44. The average Bonchev–Trinajstić information content (AvgIpc) is 2.90. The first-order chi connectivity index (χ1) is 8.52. The van der Waals surface area contributed by atoms with Crippen molar-refractivity contribution >= 4 is 34.8 Å². The predicted molar refractivity (Wildman–Crippen MR) is 74.7 cm³/mol. The van der Waals surface area contributed by atoms with Crippen molar-refractivity contribution in [1.29, 1.82) is 0 Å². The first kappa shape index (κ1) is 12.8. The molecule has 0 bridgehead atoms. The molecule has 0 aromatic carbocycles. The summed E-state index contributed by atoms with van der Waals surface area (Å²) in [5, 5.41) is 0.700. The van der Waals surface area contributed by atoms with Crippen molar-refractivity contribution in [2.24, 2.45) is 4.99 Å². The van der Waals surface area contributed by atoms with Crippen molar-refractivity contribution in [3.05, 3.63) is 22.8 Å². The minimum absolute atomic E-state index is 0.0524. The van der Waals surface area contributed by atoms with Gasteiger partial charge in [0.05, 0.1) is 4.91 Å². The van der Waals surface area contributed by atoms with Gasteiger partial charge in [0.15, 0.2) is 11.1 Å². The molecule has 1 amide bonds. The van der Waals surface area contributed by atoms with Crippen LogP contribution in [0.3, 0.4) is 0 Å². The largest absolute Gasteiger partial charge is 0.441 e. The number of rotatable bonds is 2. The second-order valence-electron chi connectivity index (χ2n) is 4.05. The fourth-order valence-corrected chi connectivity index (χ4v) is 2.45. The van der Waals surface area contributed by atoms with E-state index in [4.69, 9.17) is 4.42 Å². The Labute approximate surface area is 110 Å². The number of amides is 1. The van der Waals surface area contributed by atoms with E-state index >= 15 is 0 Å². The van der Waals surface area contributed by atoms with Gasteiger partial charge in [0.2, 0.25) is 0 Å². The Hall–Kier alpha value is -1.69. The number of hydrogen-bond donors (Lipinski definition) is 0. The summed E-state index contributed by atoms with van der Waals surface area (Å²) in [7, 11) is 7.19. The van der Waals surface area contributed by atoms with Crippen LogP contribution in [0, 0.1) is 0 Å². The van der Waals surface area contributed by atoms with Gasteiger partial charge in [0.1, 0.15) is 5.76 Å². The Morgan fingerprint density at radius 3 is 2.67 bits per heavy atom. The number of thioether (sulfide) groups is 1. The maximum atomic E-state index is 11.9. The highest BCUT2D eigenvalue weighted by Crippen LogP contribution is 2.31. The minimum Gasteiger partial charge on any atom is -0.441 e. The first-order valence-corrected chi connectivity index (χ1v) is 6.26. The summed E-state index contributed by atoms with van der Waals surface area (Å²) < 4.78 is 5.59. The molecule has 1 aliphatic heterocycles. The summed E-state index contributed by atoms with van der Waals surface area (Å²) >= 11 is 1.35. The molecule has 2 heterocycles. The Kier molecular flexibility index (Phi) is 3.47. The highest BCUT2D eigenvalue weighted by Gasteiger charge is 2.29. The Bertz CT molecular complexity index is 531. The zero-order valence-electron chi connectivity index (χ0n) is 10.8. The lowest BCUT2D eigenvalue weighted by molar-refractivity contribution is -0.121. The fraction of sp³-hybridized carbons (Fsp3) is 0.333. The van der Waals surface area contributed by atoms with Crippen LogP contribution in [0.1, 0.15) is 5.76 Å². The molecular formula is C12H15N3O2S. The van der Waals surface area contributed by atoms with Crippen LogP contribution in [0.25, 0.3) is 6.08 Å². The van der Waals surface area contributed by atoms with Crippen molar-refractivity contribution in [2.45, 2.75) is 0 Å². The standard InChI is InChI=1S/C12H15N3O2S/c1-13-12-15(4)11(16)9(18-12)7-8-5-6-10(17-8)14(2)3/h5-7H,1-4H3. The fourth-order valence-electron chi connectivity index (χ4n) is 1.54. The zero-order valence-corrected chi connectivity index (χ0v) is 11.6. The van der Waals surface area contributed by atoms with Gasteiger partial charge in [-0.25, -0.2) is 0 Å². The number of nitrogens with zero attached hydrogens (tertiary/aromatic N) is 3. The summed E-state index contributed by atoms with van der Waals surface area (Å²) in [6.45, 7) is 0. The van der Waals surface area contributed by atoms with Crippen LogP contribution in [0.5, 0.6) is 0 Å². The maximum absolute atomic E-state index is 11.9. The van der Waals surface area contributed by atoms with Gasteiger partial charge >= 0.3 is 0 Å². The summed E-state index contributed by atoms with van der Waals surface area (Å²) in [6, 6.07) is 3.71. The Balaban J connectivity index is 2.26. The average molecular weight is 265 g/mol. The molecule has 0 spiro atoms. The molecule has 1 aromatic rings. The van der Waals surface area contributed by atoms with Crippen LogP contribution in [-0.2, 0) is 4.79 Å². The summed E-state index contributed by atoms with van der Waals surface area (Å²) in [6.07, 6.45) is 1.74. The van der Waals surface area contributed by atoms with Gasteiger partial charge in [0.25, 0.3) is 5.91 Å². The minimum atomic E-state index is -0.0524. The van der Waals surface area contributed by atoms with Crippen LogP contribution < -0.4 is 4.90 Å². The van der Waals surface area contributed by atoms with E-state index in [9.17, 15) is 4.79 Å². The maximum Gasteiger partial charge on any atom is 0.266 e. The molecule has 2 rings (SSSR count). The number of aliphatic imine (C=N–C) groups is 1. The zero-order chi connectivity index (χ0) is 13.3. The molecule has 0 saturated carbocycles. The van der Waals surface area contributed by atoms with Gasteiger partial charge in [-0.2, -0.15) is 0 Å². The van der Waals surface area contributed by atoms with E-state index in [0.29, 0.717) is 15.8 Å². The number of carbonyl (C=O) groups excluding carboxylic acids is 1. The molecule has 0 unspecified atom stereocenters. The normalized spacial score (nSPS) is 20.2. The number of furan rings is 1. The number of anilines is 1. The summed E-state index contributed by atoms with van der Waals surface area (Å²) in [4.78, 5) is 20.0. The third kappa shape index (κ3) is 2.28. The molecule has 0 radical (unpaired) electrons. The van der Waals surface area contributed by atoms with Crippen LogP contribution >= 0.6 is 11.8 Å². The Morgan fingerprint density at radius 2 is 2.17 bits per heavy atom. The van der Waals surface area contributed by atoms with E-state index in [2.05, 4.69) is 4.99 Å².